The van der Waals surface area contributed by atoms with Crippen LogP contribution in [0.25, 0.3) is 0 Å². The van der Waals surface area contributed by atoms with Crippen LogP contribution in [0.15, 0.2) is 12.7 Å². The van der Waals surface area contributed by atoms with Gasteiger partial charge in [0.15, 0.2) is 0 Å². The third-order valence-electron chi connectivity index (χ3n) is 3.20. The van der Waals surface area contributed by atoms with Crippen molar-refractivity contribution in [3.8, 4) is 0 Å². The van der Waals surface area contributed by atoms with Gasteiger partial charge in [-0.05, 0) is 26.2 Å². The van der Waals surface area contributed by atoms with Crippen molar-refractivity contribution < 1.29 is 23.8 Å². The number of nitrogens with zero attached hydrogens (tertiary/aromatic N) is 1. The fourth-order valence-corrected chi connectivity index (χ4v) is 2.41. The Morgan fingerprint density at radius 3 is 2.00 bits per heavy atom. The number of likely N-dealkylation sites (tertiary alicyclic amines) is 1. The van der Waals surface area contributed by atoms with E-state index in [1.54, 1.807) is 0 Å². The smallest absolute Gasteiger partial charge is 0.407 e. The molecule has 6 nitrogen and oxygen atoms in total. The molecule has 1 aliphatic rings. The topological polar surface area (TPSA) is 92.9 Å². The summed E-state index contributed by atoms with van der Waals surface area (Å²) in [5, 5.41) is 8.89. The van der Waals surface area contributed by atoms with Gasteiger partial charge in [-0.15, -0.1) is 0 Å². The average molecular weight is 332 g/mol. The molecule has 0 saturated carbocycles. The summed E-state index contributed by atoms with van der Waals surface area (Å²) in [5.74, 6) is -0.373. The Labute approximate surface area is 137 Å². The minimum atomic E-state index is -1.25. The van der Waals surface area contributed by atoms with Gasteiger partial charge in [0.25, 0.3) is 0 Å². The summed E-state index contributed by atoms with van der Waals surface area (Å²) in [6.45, 7) is 14.2. The molecule has 134 valence electrons. The lowest BCUT2D eigenvalue weighted by Crippen LogP contribution is -2.50. The molecule has 1 fully saturated rings. The van der Waals surface area contributed by atoms with Crippen LogP contribution in [0.3, 0.4) is 0 Å². The van der Waals surface area contributed by atoms with Crippen molar-refractivity contribution in [2.24, 2.45) is 11.1 Å². The second-order valence-electron chi connectivity index (χ2n) is 7.58. The highest BCUT2D eigenvalue weighted by Crippen LogP contribution is 2.33. The Balaban J connectivity index is 0.000000468. The Bertz CT molecular complexity index is 440. The van der Waals surface area contributed by atoms with Crippen LogP contribution in [-0.2, 0) is 9.53 Å². The lowest BCUT2D eigenvalue weighted by Gasteiger charge is -2.35. The summed E-state index contributed by atoms with van der Waals surface area (Å²) in [7, 11) is 0. The summed E-state index contributed by atoms with van der Waals surface area (Å²) in [5.41, 5.74) is 4.92. The molecule has 0 bridgehead atoms. The number of nitrogens with two attached hydrogens (primary N) is 1. The normalized spacial score (nSPS) is 24.5. The van der Waals surface area contributed by atoms with E-state index in [9.17, 15) is 14.0 Å². The molecule has 0 radical (unpaired) electrons. The Morgan fingerprint density at radius 2 is 1.78 bits per heavy atom. The van der Waals surface area contributed by atoms with Crippen LogP contribution in [0.5, 0.6) is 0 Å². The number of halogens is 1. The molecule has 1 aliphatic heterocycles. The molecule has 0 aromatic carbocycles. The van der Waals surface area contributed by atoms with Crippen LogP contribution in [0, 0.1) is 5.41 Å². The van der Waals surface area contributed by atoms with Gasteiger partial charge in [-0.2, -0.15) is 0 Å². The molecule has 0 aromatic heterocycles. The van der Waals surface area contributed by atoms with E-state index in [-0.39, 0.29) is 17.9 Å². The van der Waals surface area contributed by atoms with Crippen LogP contribution >= 0.6 is 0 Å². The average Bonchev–Trinajstić information content (AvgIpc) is 2.64. The molecule has 3 atom stereocenters. The highest BCUT2D eigenvalue weighted by Gasteiger charge is 2.47. The van der Waals surface area contributed by atoms with E-state index in [0.717, 1.165) is 11.0 Å². The van der Waals surface area contributed by atoms with E-state index < -0.39 is 29.9 Å². The van der Waals surface area contributed by atoms with Gasteiger partial charge in [0.1, 0.15) is 11.8 Å². The number of carboxylic acid groups (broad SMARTS) is 1. The van der Waals surface area contributed by atoms with Gasteiger partial charge in [-0.3, -0.25) is 0 Å². The van der Waals surface area contributed by atoms with Gasteiger partial charge in [0, 0.05) is 6.08 Å². The maximum atomic E-state index is 13.3. The number of esters is 1. The van der Waals surface area contributed by atoms with E-state index in [2.05, 4.69) is 6.58 Å². The summed E-state index contributed by atoms with van der Waals surface area (Å²) < 4.78 is 18.1. The fraction of sp³-hybridized carbons (Fsp3) is 0.750. The van der Waals surface area contributed by atoms with Crippen molar-refractivity contribution in [1.82, 2.24) is 4.90 Å². The lowest BCUT2D eigenvalue weighted by molar-refractivity contribution is -0.148. The first kappa shape index (κ1) is 21.4. The maximum absolute atomic E-state index is 13.3. The van der Waals surface area contributed by atoms with Crippen LogP contribution in [0.2, 0.25) is 0 Å². The molecule has 1 rings (SSSR count). The standard InChI is InChI=1S/C9H17FN2O2.C7H12O2/c1-9(2,3)7-6(11)5(10)4-12(7)8(13)14;1-5-6(8)9-7(2,3)4/h5-7H,4,11H2,1-3H3,(H,13,14);5H,1H2,2-4H3/t5-,6-,7?;/m1./s1. The minimum absolute atomic E-state index is 0.113. The number of ether oxygens (including phenoxy) is 1. The molecule has 0 aromatic rings. The van der Waals surface area contributed by atoms with Crippen LogP contribution in [0.4, 0.5) is 9.18 Å². The summed E-state index contributed by atoms with van der Waals surface area (Å²) in [6, 6.07) is -1.17. The van der Waals surface area contributed by atoms with Gasteiger partial charge in [-0.25, -0.2) is 14.0 Å². The third kappa shape index (κ3) is 6.99. The molecule has 0 spiro atoms. The molecule has 7 heteroatoms. The van der Waals surface area contributed by atoms with Crippen molar-refractivity contribution in [3.05, 3.63) is 12.7 Å². The summed E-state index contributed by atoms with van der Waals surface area (Å²) >= 11 is 0. The van der Waals surface area contributed by atoms with Crippen LogP contribution in [0.1, 0.15) is 41.5 Å². The number of hydrogen-bond donors (Lipinski definition) is 2. The van der Waals surface area contributed by atoms with E-state index >= 15 is 0 Å². The zero-order valence-electron chi connectivity index (χ0n) is 14.8. The first-order valence-corrected chi connectivity index (χ1v) is 7.45. The minimum Gasteiger partial charge on any atom is -0.465 e. The van der Waals surface area contributed by atoms with Gasteiger partial charge >= 0.3 is 12.1 Å². The van der Waals surface area contributed by atoms with Gasteiger partial charge in [0.05, 0.1) is 18.6 Å². The van der Waals surface area contributed by atoms with Crippen molar-refractivity contribution in [1.29, 1.82) is 0 Å². The van der Waals surface area contributed by atoms with Crippen molar-refractivity contribution in [2.45, 2.75) is 65.4 Å². The van der Waals surface area contributed by atoms with Crippen molar-refractivity contribution in [3.63, 3.8) is 0 Å². The fourth-order valence-electron chi connectivity index (χ4n) is 2.41. The quantitative estimate of drug-likeness (QED) is 0.569. The Hall–Kier alpha value is -1.63. The van der Waals surface area contributed by atoms with Gasteiger partial charge in [-0.1, -0.05) is 27.4 Å². The second-order valence-corrected chi connectivity index (χ2v) is 7.58. The molecular formula is C16H29FN2O4. The van der Waals surface area contributed by atoms with Crippen LogP contribution in [-0.4, -0.2) is 52.5 Å². The summed E-state index contributed by atoms with van der Waals surface area (Å²) in [4.78, 5) is 22.4. The Kier molecular flexibility index (Phi) is 7.22. The summed E-state index contributed by atoms with van der Waals surface area (Å²) in [6.07, 6.45) is -1.19. The first-order valence-electron chi connectivity index (χ1n) is 7.45. The van der Waals surface area contributed by atoms with E-state index in [0.29, 0.717) is 0 Å². The largest absolute Gasteiger partial charge is 0.465 e. The highest BCUT2D eigenvalue weighted by molar-refractivity contribution is 5.81. The van der Waals surface area contributed by atoms with E-state index in [1.165, 1.54) is 0 Å². The van der Waals surface area contributed by atoms with Gasteiger partial charge in [0.2, 0.25) is 0 Å². The number of hydrogen-bond acceptors (Lipinski definition) is 4. The zero-order chi connectivity index (χ0) is 18.6. The zero-order valence-corrected chi connectivity index (χ0v) is 14.8. The predicted octanol–water partition coefficient (Wildman–Crippen LogP) is 2.57. The number of carbonyl (C=O) groups excluding carboxylic acids is 1. The van der Waals surface area contributed by atoms with E-state index in [4.69, 9.17) is 15.6 Å². The molecule has 23 heavy (non-hydrogen) atoms. The first-order chi connectivity index (χ1) is 10.2. The number of rotatable bonds is 1. The molecule has 1 amide bonds. The molecule has 1 heterocycles. The third-order valence-corrected chi connectivity index (χ3v) is 3.20. The lowest BCUT2D eigenvalue weighted by atomic mass is 9.83. The number of carbonyl (C=O) groups is 2. The van der Waals surface area contributed by atoms with Crippen molar-refractivity contribution >= 4 is 12.1 Å². The second kappa shape index (κ2) is 7.77. The molecule has 1 saturated heterocycles. The SMILES string of the molecule is C=CC(=O)OC(C)(C)C.CC(C)(C)C1[C@H](N)[C@H](F)CN1C(=O)O. The molecule has 3 N–H and O–H groups in total. The van der Waals surface area contributed by atoms with Gasteiger partial charge < -0.3 is 20.5 Å². The maximum Gasteiger partial charge on any atom is 0.407 e. The Morgan fingerprint density at radius 1 is 1.30 bits per heavy atom. The highest BCUT2D eigenvalue weighted by atomic mass is 19.1. The monoisotopic (exact) mass is 332 g/mol. The molecule has 0 aliphatic carbocycles. The molecule has 1 unspecified atom stereocenters. The predicted molar refractivity (Wildman–Crippen MR) is 86.9 cm³/mol. The number of amides is 1. The molecular weight excluding hydrogens is 303 g/mol. The number of alkyl halides is 1. The van der Waals surface area contributed by atoms with Crippen LogP contribution < -0.4 is 5.73 Å². The van der Waals surface area contributed by atoms with Crippen molar-refractivity contribution in [2.75, 3.05) is 6.54 Å². The van der Waals surface area contributed by atoms with E-state index in [1.807, 2.05) is 41.5 Å².